The van der Waals surface area contributed by atoms with Crippen LogP contribution in [-0.2, 0) is 13.1 Å². The van der Waals surface area contributed by atoms with Gasteiger partial charge in [0.25, 0.3) is 5.56 Å². The summed E-state index contributed by atoms with van der Waals surface area (Å²) in [6, 6.07) is 8.61. The van der Waals surface area contributed by atoms with Crippen LogP contribution in [0.25, 0.3) is 0 Å². The molecule has 6 nitrogen and oxygen atoms in total. The molecule has 0 aliphatic rings. The molecule has 0 atom stereocenters. The van der Waals surface area contributed by atoms with Crippen LogP contribution in [0.4, 0.5) is 0 Å². The molecule has 21 heavy (non-hydrogen) atoms. The Balaban J connectivity index is 2.11. The molecule has 2 aromatic rings. The zero-order valence-electron chi connectivity index (χ0n) is 12.1. The molecule has 1 aromatic carbocycles. The van der Waals surface area contributed by atoms with Gasteiger partial charge in [0.1, 0.15) is 6.61 Å². The van der Waals surface area contributed by atoms with Crippen LogP contribution < -0.4 is 20.7 Å². The quantitative estimate of drug-likeness (QED) is 0.799. The summed E-state index contributed by atoms with van der Waals surface area (Å²) < 4.78 is 13.4. The first-order valence-electron chi connectivity index (χ1n) is 6.73. The third kappa shape index (κ3) is 3.34. The first-order valence-corrected chi connectivity index (χ1v) is 6.73. The summed E-state index contributed by atoms with van der Waals surface area (Å²) in [5, 5.41) is 0. The van der Waals surface area contributed by atoms with E-state index in [1.807, 2.05) is 19.1 Å². The maximum atomic E-state index is 12.0. The van der Waals surface area contributed by atoms with Gasteiger partial charge in [-0.1, -0.05) is 12.1 Å². The summed E-state index contributed by atoms with van der Waals surface area (Å²) in [7, 11) is 1.56. The number of para-hydroxylation sites is 2. The Morgan fingerprint density at radius 3 is 2.48 bits per heavy atom. The van der Waals surface area contributed by atoms with E-state index in [1.165, 1.54) is 21.4 Å². The average molecular weight is 290 g/mol. The van der Waals surface area contributed by atoms with Crippen molar-refractivity contribution in [3.8, 4) is 11.5 Å². The number of hydrogen-bond donors (Lipinski definition) is 0. The van der Waals surface area contributed by atoms with Crippen LogP contribution >= 0.6 is 0 Å². The van der Waals surface area contributed by atoms with Gasteiger partial charge in [-0.2, -0.15) is 0 Å². The predicted molar refractivity (Wildman–Crippen MR) is 79.1 cm³/mol. The summed E-state index contributed by atoms with van der Waals surface area (Å²) in [6.07, 6.45) is 1.50. The lowest BCUT2D eigenvalue weighted by Gasteiger charge is -2.11. The molecule has 0 unspecified atom stereocenters. The number of hydrogen-bond acceptors (Lipinski definition) is 4. The van der Waals surface area contributed by atoms with Crippen LogP contribution in [-0.4, -0.2) is 22.9 Å². The molecular formula is C15H18N2O4. The van der Waals surface area contributed by atoms with Gasteiger partial charge in [-0.05, 0) is 19.1 Å². The van der Waals surface area contributed by atoms with Crippen molar-refractivity contribution in [1.29, 1.82) is 0 Å². The smallest absolute Gasteiger partial charge is 0.331 e. The molecule has 0 spiro atoms. The molecule has 0 bridgehead atoms. The van der Waals surface area contributed by atoms with E-state index in [2.05, 4.69) is 0 Å². The largest absolute Gasteiger partial charge is 0.493 e. The van der Waals surface area contributed by atoms with Crippen molar-refractivity contribution in [1.82, 2.24) is 9.13 Å². The second-order valence-electron chi connectivity index (χ2n) is 4.37. The molecule has 2 rings (SSSR count). The molecule has 0 saturated carbocycles. The lowest BCUT2D eigenvalue weighted by atomic mass is 10.3. The molecule has 6 heteroatoms. The number of nitrogens with zero attached hydrogens (tertiary/aromatic N) is 2. The van der Waals surface area contributed by atoms with E-state index < -0.39 is 0 Å². The Morgan fingerprint density at radius 1 is 1.10 bits per heavy atom. The predicted octanol–water partition coefficient (Wildman–Crippen LogP) is 1.12. The highest BCUT2D eigenvalue weighted by molar-refractivity contribution is 5.39. The molecule has 1 aromatic heterocycles. The highest BCUT2D eigenvalue weighted by Crippen LogP contribution is 2.25. The lowest BCUT2D eigenvalue weighted by molar-refractivity contribution is 0.274. The zero-order valence-corrected chi connectivity index (χ0v) is 12.1. The number of methoxy groups -OCH3 is 1. The minimum Gasteiger partial charge on any atom is -0.493 e. The Morgan fingerprint density at radius 2 is 1.81 bits per heavy atom. The van der Waals surface area contributed by atoms with Gasteiger partial charge in [0.05, 0.1) is 13.7 Å². The number of benzene rings is 1. The van der Waals surface area contributed by atoms with Crippen molar-refractivity contribution in [2.45, 2.75) is 20.0 Å². The molecule has 0 aliphatic carbocycles. The fraction of sp³-hybridized carbons (Fsp3) is 0.333. The number of aromatic nitrogens is 2. The maximum absolute atomic E-state index is 12.0. The topological polar surface area (TPSA) is 62.5 Å². The number of aryl methyl sites for hydroxylation is 1. The Kier molecular flexibility index (Phi) is 4.81. The standard InChI is InChI=1S/C15H18N2O4/c1-3-16-9-8-14(18)17(15(16)19)10-11-21-13-7-5-4-6-12(13)20-2/h4-9H,3,10-11H2,1-2H3. The third-order valence-corrected chi connectivity index (χ3v) is 3.12. The summed E-state index contributed by atoms with van der Waals surface area (Å²) in [4.78, 5) is 23.8. The Hall–Kier alpha value is -2.50. The van der Waals surface area contributed by atoms with Crippen LogP contribution in [0.15, 0.2) is 46.1 Å². The van der Waals surface area contributed by atoms with Crippen molar-refractivity contribution in [3.63, 3.8) is 0 Å². The van der Waals surface area contributed by atoms with Crippen LogP contribution in [0.3, 0.4) is 0 Å². The molecular weight excluding hydrogens is 272 g/mol. The van der Waals surface area contributed by atoms with Crippen molar-refractivity contribution in [2.75, 3.05) is 13.7 Å². The molecule has 0 amide bonds. The summed E-state index contributed by atoms with van der Waals surface area (Å²) >= 11 is 0. The minimum absolute atomic E-state index is 0.191. The molecule has 0 saturated heterocycles. The first kappa shape index (κ1) is 14.9. The van der Waals surface area contributed by atoms with Crippen molar-refractivity contribution < 1.29 is 9.47 Å². The molecule has 0 aliphatic heterocycles. The first-order chi connectivity index (χ1) is 10.2. The fourth-order valence-corrected chi connectivity index (χ4v) is 1.99. The zero-order chi connectivity index (χ0) is 15.2. The van der Waals surface area contributed by atoms with Crippen LogP contribution in [0, 0.1) is 0 Å². The molecule has 1 heterocycles. The van der Waals surface area contributed by atoms with Gasteiger partial charge in [0.2, 0.25) is 0 Å². The van der Waals surface area contributed by atoms with Crippen LogP contribution in [0.5, 0.6) is 11.5 Å². The second-order valence-corrected chi connectivity index (χ2v) is 4.37. The van der Waals surface area contributed by atoms with Crippen molar-refractivity contribution in [3.05, 3.63) is 57.4 Å². The fourth-order valence-electron chi connectivity index (χ4n) is 1.99. The van der Waals surface area contributed by atoms with Gasteiger partial charge in [-0.15, -0.1) is 0 Å². The van der Waals surface area contributed by atoms with Crippen LogP contribution in [0.1, 0.15) is 6.92 Å². The van der Waals surface area contributed by atoms with E-state index in [1.54, 1.807) is 19.2 Å². The lowest BCUT2D eigenvalue weighted by Crippen LogP contribution is -2.39. The van der Waals surface area contributed by atoms with Gasteiger partial charge < -0.3 is 14.0 Å². The van der Waals surface area contributed by atoms with Gasteiger partial charge in [0.15, 0.2) is 11.5 Å². The van der Waals surface area contributed by atoms with E-state index in [0.29, 0.717) is 18.0 Å². The van der Waals surface area contributed by atoms with E-state index >= 15 is 0 Å². The molecule has 0 fully saturated rings. The van der Waals surface area contributed by atoms with Crippen LogP contribution in [0.2, 0.25) is 0 Å². The molecule has 112 valence electrons. The van der Waals surface area contributed by atoms with Crippen molar-refractivity contribution >= 4 is 0 Å². The SMILES string of the molecule is CCn1ccc(=O)n(CCOc2ccccc2OC)c1=O. The molecule has 0 radical (unpaired) electrons. The summed E-state index contributed by atoms with van der Waals surface area (Å²) in [6.45, 7) is 2.77. The van der Waals surface area contributed by atoms with Gasteiger partial charge in [0, 0.05) is 18.8 Å². The summed E-state index contributed by atoms with van der Waals surface area (Å²) in [5.41, 5.74) is -0.651. The van der Waals surface area contributed by atoms with Gasteiger partial charge >= 0.3 is 5.69 Å². The van der Waals surface area contributed by atoms with E-state index in [0.717, 1.165) is 0 Å². The number of ether oxygens (including phenoxy) is 2. The normalized spacial score (nSPS) is 10.4. The van der Waals surface area contributed by atoms with Crippen molar-refractivity contribution in [2.24, 2.45) is 0 Å². The van der Waals surface area contributed by atoms with E-state index in [9.17, 15) is 9.59 Å². The number of rotatable bonds is 6. The third-order valence-electron chi connectivity index (χ3n) is 3.12. The second kappa shape index (κ2) is 6.78. The monoisotopic (exact) mass is 290 g/mol. The summed E-state index contributed by atoms with van der Waals surface area (Å²) in [5.74, 6) is 1.20. The Bertz CT molecular complexity index is 718. The van der Waals surface area contributed by atoms with E-state index in [-0.39, 0.29) is 24.4 Å². The maximum Gasteiger partial charge on any atom is 0.331 e. The highest BCUT2D eigenvalue weighted by Gasteiger charge is 2.06. The Labute approximate surface area is 122 Å². The molecule has 0 N–H and O–H groups in total. The van der Waals surface area contributed by atoms with Gasteiger partial charge in [-0.25, -0.2) is 4.79 Å². The van der Waals surface area contributed by atoms with E-state index in [4.69, 9.17) is 9.47 Å². The van der Waals surface area contributed by atoms with Gasteiger partial charge in [-0.3, -0.25) is 9.36 Å². The minimum atomic E-state index is -0.326. The average Bonchev–Trinajstić information content (AvgIpc) is 2.51. The highest BCUT2D eigenvalue weighted by atomic mass is 16.5.